The van der Waals surface area contributed by atoms with Crippen LogP contribution in [-0.2, 0) is 4.74 Å². The van der Waals surface area contributed by atoms with Crippen LogP contribution < -0.4 is 5.32 Å². The number of hydrogen-bond donors (Lipinski definition) is 1. The van der Waals surface area contributed by atoms with Crippen LogP contribution in [0.5, 0.6) is 0 Å². The topological polar surface area (TPSA) is 47.0 Å². The molecule has 1 aromatic rings. The lowest BCUT2D eigenvalue weighted by Gasteiger charge is -2.51. The molecule has 1 aromatic heterocycles. The molecule has 0 saturated heterocycles. The maximum atomic E-state index is 5.40. The molecule has 4 heteroatoms. The minimum atomic E-state index is 0.166. The maximum Gasteiger partial charge on any atom is 0.129 e. The largest absolute Gasteiger partial charge is 0.381 e. The molecular formula is C11H17N3O. The third-order valence-electron chi connectivity index (χ3n) is 3.37. The molecule has 1 fully saturated rings. The van der Waals surface area contributed by atoms with Crippen LogP contribution in [0.15, 0.2) is 18.6 Å². The quantitative estimate of drug-likeness (QED) is 0.819. The zero-order valence-electron chi connectivity index (χ0n) is 9.40. The Hall–Kier alpha value is -1.16. The number of nitrogens with one attached hydrogen (secondary N) is 1. The molecule has 1 saturated carbocycles. The second-order valence-electron chi connectivity index (χ2n) is 4.57. The lowest BCUT2D eigenvalue weighted by atomic mass is 9.64. The predicted molar refractivity (Wildman–Crippen MR) is 58.6 cm³/mol. The van der Waals surface area contributed by atoms with E-state index in [1.807, 2.05) is 6.07 Å². The van der Waals surface area contributed by atoms with Gasteiger partial charge in [-0.15, -0.1) is 0 Å². The Kier molecular flexibility index (Phi) is 2.61. The normalized spacial score (nSPS) is 28.2. The van der Waals surface area contributed by atoms with Crippen LogP contribution in [0, 0.1) is 5.41 Å². The molecule has 0 radical (unpaired) electrons. The molecule has 2 atom stereocenters. The van der Waals surface area contributed by atoms with E-state index >= 15 is 0 Å². The summed E-state index contributed by atoms with van der Waals surface area (Å²) in [7, 11) is 1.77. The molecule has 0 aliphatic heterocycles. The Morgan fingerprint density at radius 2 is 2.33 bits per heavy atom. The van der Waals surface area contributed by atoms with Crippen LogP contribution in [0.25, 0.3) is 0 Å². The van der Waals surface area contributed by atoms with Crippen LogP contribution in [0.3, 0.4) is 0 Å². The van der Waals surface area contributed by atoms with Gasteiger partial charge in [0.2, 0.25) is 0 Å². The summed E-state index contributed by atoms with van der Waals surface area (Å²) in [4.78, 5) is 8.04. The summed E-state index contributed by atoms with van der Waals surface area (Å²) in [6.45, 7) is 4.42. The van der Waals surface area contributed by atoms with Gasteiger partial charge in [-0.25, -0.2) is 9.97 Å². The van der Waals surface area contributed by atoms with Crippen molar-refractivity contribution in [3.8, 4) is 0 Å². The van der Waals surface area contributed by atoms with Gasteiger partial charge in [-0.1, -0.05) is 13.8 Å². The van der Waals surface area contributed by atoms with Gasteiger partial charge in [-0.2, -0.15) is 0 Å². The highest BCUT2D eigenvalue weighted by molar-refractivity contribution is 5.35. The Morgan fingerprint density at radius 3 is 2.87 bits per heavy atom. The van der Waals surface area contributed by atoms with E-state index in [1.54, 1.807) is 19.6 Å². The fraction of sp³-hybridized carbons (Fsp3) is 0.636. The zero-order valence-corrected chi connectivity index (χ0v) is 9.40. The van der Waals surface area contributed by atoms with Crippen LogP contribution >= 0.6 is 0 Å². The monoisotopic (exact) mass is 207 g/mol. The van der Waals surface area contributed by atoms with E-state index in [4.69, 9.17) is 4.74 Å². The van der Waals surface area contributed by atoms with Gasteiger partial charge in [-0.05, 0) is 12.5 Å². The molecule has 1 N–H and O–H groups in total. The first-order valence-corrected chi connectivity index (χ1v) is 5.20. The van der Waals surface area contributed by atoms with Crippen molar-refractivity contribution in [1.82, 2.24) is 9.97 Å². The van der Waals surface area contributed by atoms with Gasteiger partial charge in [0.25, 0.3) is 0 Å². The molecule has 2 rings (SSSR count). The molecule has 1 heterocycles. The molecule has 0 spiro atoms. The summed E-state index contributed by atoms with van der Waals surface area (Å²) in [5.41, 5.74) is 0.166. The van der Waals surface area contributed by atoms with E-state index in [2.05, 4.69) is 29.1 Å². The van der Waals surface area contributed by atoms with E-state index in [0.29, 0.717) is 12.1 Å². The van der Waals surface area contributed by atoms with Gasteiger partial charge in [-0.3, -0.25) is 0 Å². The summed E-state index contributed by atoms with van der Waals surface area (Å²) in [5.74, 6) is 0.887. The number of nitrogens with zero attached hydrogens (tertiary/aromatic N) is 2. The third kappa shape index (κ3) is 1.81. The van der Waals surface area contributed by atoms with Crippen LogP contribution in [0.2, 0.25) is 0 Å². The van der Waals surface area contributed by atoms with Crippen LogP contribution in [0.4, 0.5) is 5.82 Å². The van der Waals surface area contributed by atoms with Crippen molar-refractivity contribution in [3.63, 3.8) is 0 Å². The van der Waals surface area contributed by atoms with E-state index in [1.165, 1.54) is 0 Å². The van der Waals surface area contributed by atoms with Crippen molar-refractivity contribution < 1.29 is 4.74 Å². The molecule has 82 valence electrons. The molecule has 2 unspecified atom stereocenters. The van der Waals surface area contributed by atoms with Crippen molar-refractivity contribution in [1.29, 1.82) is 0 Å². The first-order valence-electron chi connectivity index (χ1n) is 5.20. The lowest BCUT2D eigenvalue weighted by molar-refractivity contribution is -0.0795. The standard InChI is InChI=1S/C11H17N3O/c1-11(2)8(6-9(11)15-3)14-10-4-5-12-7-13-10/h4-5,7-9H,6H2,1-3H3,(H,12,13,14). The Labute approximate surface area is 90.1 Å². The highest BCUT2D eigenvalue weighted by atomic mass is 16.5. The second kappa shape index (κ2) is 3.77. The van der Waals surface area contributed by atoms with Gasteiger partial charge >= 0.3 is 0 Å². The highest BCUT2D eigenvalue weighted by Gasteiger charge is 2.48. The maximum absolute atomic E-state index is 5.40. The number of anilines is 1. The van der Waals surface area contributed by atoms with E-state index in [9.17, 15) is 0 Å². The summed E-state index contributed by atoms with van der Waals surface area (Å²) < 4.78 is 5.40. The molecule has 1 aliphatic rings. The SMILES string of the molecule is COC1CC(Nc2ccncn2)C1(C)C. The van der Waals surface area contributed by atoms with Gasteiger partial charge < -0.3 is 10.1 Å². The van der Waals surface area contributed by atoms with Gasteiger partial charge in [0.15, 0.2) is 0 Å². The molecule has 1 aliphatic carbocycles. The fourth-order valence-corrected chi connectivity index (χ4v) is 2.08. The van der Waals surface area contributed by atoms with E-state index in [-0.39, 0.29) is 5.41 Å². The van der Waals surface area contributed by atoms with Crippen LogP contribution in [0.1, 0.15) is 20.3 Å². The molecule has 4 nitrogen and oxygen atoms in total. The van der Waals surface area contributed by atoms with E-state index in [0.717, 1.165) is 12.2 Å². The summed E-state index contributed by atoms with van der Waals surface area (Å²) in [6.07, 6.45) is 4.68. The highest BCUT2D eigenvalue weighted by Crippen LogP contribution is 2.43. The fourth-order valence-electron chi connectivity index (χ4n) is 2.08. The van der Waals surface area contributed by atoms with Crippen molar-refractivity contribution in [2.24, 2.45) is 5.41 Å². The van der Waals surface area contributed by atoms with Crippen molar-refractivity contribution in [2.45, 2.75) is 32.4 Å². The van der Waals surface area contributed by atoms with E-state index < -0.39 is 0 Å². The first-order chi connectivity index (χ1) is 7.14. The Morgan fingerprint density at radius 1 is 1.53 bits per heavy atom. The lowest BCUT2D eigenvalue weighted by Crippen LogP contribution is -2.57. The van der Waals surface area contributed by atoms with Crippen molar-refractivity contribution in [2.75, 3.05) is 12.4 Å². The first kappa shape index (κ1) is 10.4. The number of aromatic nitrogens is 2. The van der Waals surface area contributed by atoms with Crippen LogP contribution in [-0.4, -0.2) is 29.2 Å². The predicted octanol–water partition coefficient (Wildman–Crippen LogP) is 1.70. The number of hydrogen-bond acceptors (Lipinski definition) is 4. The zero-order chi connectivity index (χ0) is 10.9. The molecular weight excluding hydrogens is 190 g/mol. The average Bonchev–Trinajstić information content (AvgIpc) is 2.25. The minimum Gasteiger partial charge on any atom is -0.381 e. The summed E-state index contributed by atoms with van der Waals surface area (Å²) in [6, 6.07) is 2.31. The average molecular weight is 207 g/mol. The van der Waals surface area contributed by atoms with Crippen molar-refractivity contribution >= 4 is 5.82 Å². The summed E-state index contributed by atoms with van der Waals surface area (Å²) >= 11 is 0. The van der Waals surface area contributed by atoms with Crippen molar-refractivity contribution in [3.05, 3.63) is 18.6 Å². The molecule has 0 bridgehead atoms. The molecule has 0 amide bonds. The second-order valence-corrected chi connectivity index (χ2v) is 4.57. The van der Waals surface area contributed by atoms with Gasteiger partial charge in [0, 0.05) is 24.8 Å². The Balaban J connectivity index is 1.99. The Bertz CT molecular complexity index is 326. The number of ether oxygens (including phenoxy) is 1. The molecule has 0 aromatic carbocycles. The smallest absolute Gasteiger partial charge is 0.129 e. The van der Waals surface area contributed by atoms with Gasteiger partial charge in [0.05, 0.1) is 6.10 Å². The minimum absolute atomic E-state index is 0.166. The third-order valence-corrected chi connectivity index (χ3v) is 3.37. The molecule has 15 heavy (non-hydrogen) atoms. The number of rotatable bonds is 3. The van der Waals surface area contributed by atoms with Gasteiger partial charge in [0.1, 0.15) is 12.1 Å². The summed E-state index contributed by atoms with van der Waals surface area (Å²) in [5, 5.41) is 3.40. The number of methoxy groups -OCH3 is 1.